The fourth-order valence-electron chi connectivity index (χ4n) is 5.49. The summed E-state index contributed by atoms with van der Waals surface area (Å²) in [5, 5.41) is 8.69. The number of nitrogens with zero attached hydrogens (tertiary/aromatic N) is 5. The van der Waals surface area contributed by atoms with Crippen LogP contribution in [-0.2, 0) is 16.0 Å². The molecule has 1 aromatic carbocycles. The SMILES string of the molecule is CCc1cc(NC(=O)C(=O)N2C[C@@H](C)CC[C@@H]2c2ccc3cn(C4CCN(C)C4)nc3c2)cnc1N. The predicted molar refractivity (Wildman–Crippen MR) is 140 cm³/mol. The van der Waals surface area contributed by atoms with E-state index in [9.17, 15) is 9.59 Å². The molecule has 0 radical (unpaired) electrons. The molecular weight excluding hydrogens is 454 g/mol. The Kier molecular flexibility index (Phi) is 6.66. The molecule has 2 saturated heterocycles. The molecule has 3 aromatic rings. The number of piperidine rings is 1. The number of amides is 2. The smallest absolute Gasteiger partial charge is 0.313 e. The molecule has 9 heteroatoms. The minimum Gasteiger partial charge on any atom is -0.383 e. The summed E-state index contributed by atoms with van der Waals surface area (Å²) in [4.78, 5) is 34.5. The van der Waals surface area contributed by atoms with Crippen molar-refractivity contribution in [2.24, 2.45) is 5.92 Å². The van der Waals surface area contributed by atoms with E-state index >= 15 is 0 Å². The van der Waals surface area contributed by atoms with Gasteiger partial charge >= 0.3 is 11.8 Å². The third-order valence-electron chi connectivity index (χ3n) is 7.59. The fraction of sp³-hybridized carbons (Fsp3) is 0.481. The Morgan fingerprint density at radius 3 is 2.75 bits per heavy atom. The molecule has 0 spiro atoms. The summed E-state index contributed by atoms with van der Waals surface area (Å²) in [6.45, 7) is 6.71. The van der Waals surface area contributed by atoms with Crippen LogP contribution < -0.4 is 11.1 Å². The summed E-state index contributed by atoms with van der Waals surface area (Å²) >= 11 is 0. The number of pyridine rings is 1. The Morgan fingerprint density at radius 1 is 1.17 bits per heavy atom. The quantitative estimate of drug-likeness (QED) is 0.544. The number of hydrogen-bond donors (Lipinski definition) is 2. The molecule has 36 heavy (non-hydrogen) atoms. The topological polar surface area (TPSA) is 109 Å². The number of hydrogen-bond acceptors (Lipinski definition) is 6. The number of carbonyl (C=O) groups excluding carboxylic acids is 2. The van der Waals surface area contributed by atoms with Gasteiger partial charge < -0.3 is 20.9 Å². The monoisotopic (exact) mass is 489 g/mol. The molecule has 9 nitrogen and oxygen atoms in total. The van der Waals surface area contributed by atoms with Gasteiger partial charge in [-0.1, -0.05) is 26.0 Å². The molecule has 5 rings (SSSR count). The maximum atomic E-state index is 13.4. The third-order valence-corrected chi connectivity index (χ3v) is 7.59. The van der Waals surface area contributed by atoms with E-state index in [0.717, 1.165) is 54.4 Å². The highest BCUT2D eigenvalue weighted by molar-refractivity contribution is 6.39. The first-order valence-electron chi connectivity index (χ1n) is 12.9. The van der Waals surface area contributed by atoms with Crippen molar-refractivity contribution in [3.8, 4) is 0 Å². The van der Waals surface area contributed by atoms with Gasteiger partial charge in [0, 0.05) is 24.7 Å². The molecule has 0 aliphatic carbocycles. The minimum absolute atomic E-state index is 0.164. The van der Waals surface area contributed by atoms with Gasteiger partial charge in [-0.05, 0) is 68.5 Å². The number of anilines is 2. The summed E-state index contributed by atoms with van der Waals surface area (Å²) in [7, 11) is 2.14. The number of aryl methyl sites for hydroxylation is 1. The van der Waals surface area contributed by atoms with Crippen LogP contribution in [0, 0.1) is 5.92 Å². The zero-order valence-corrected chi connectivity index (χ0v) is 21.3. The first kappa shape index (κ1) is 24.2. The van der Waals surface area contributed by atoms with Crippen LogP contribution in [0.3, 0.4) is 0 Å². The summed E-state index contributed by atoms with van der Waals surface area (Å²) in [5.41, 5.74) is 9.14. The van der Waals surface area contributed by atoms with Crippen LogP contribution in [0.2, 0.25) is 0 Å². The fourth-order valence-corrected chi connectivity index (χ4v) is 5.49. The van der Waals surface area contributed by atoms with E-state index in [4.69, 9.17) is 10.8 Å². The Bertz CT molecular complexity index is 1290. The molecule has 3 N–H and O–H groups in total. The zero-order valence-electron chi connectivity index (χ0n) is 21.3. The third kappa shape index (κ3) is 4.80. The van der Waals surface area contributed by atoms with Gasteiger partial charge in [-0.3, -0.25) is 14.3 Å². The molecule has 0 saturated carbocycles. The summed E-state index contributed by atoms with van der Waals surface area (Å²) in [6.07, 6.45) is 7.20. The molecule has 2 aliphatic rings. The van der Waals surface area contributed by atoms with E-state index in [2.05, 4.69) is 58.2 Å². The lowest BCUT2D eigenvalue weighted by Gasteiger charge is -2.38. The van der Waals surface area contributed by atoms with Gasteiger partial charge in [-0.15, -0.1) is 0 Å². The van der Waals surface area contributed by atoms with Crippen LogP contribution in [0.25, 0.3) is 10.9 Å². The van der Waals surface area contributed by atoms with Gasteiger partial charge in [0.2, 0.25) is 0 Å². The molecule has 2 fully saturated rings. The highest BCUT2D eigenvalue weighted by Crippen LogP contribution is 2.35. The van der Waals surface area contributed by atoms with Crippen LogP contribution in [0.5, 0.6) is 0 Å². The number of carbonyl (C=O) groups is 2. The molecule has 4 heterocycles. The largest absolute Gasteiger partial charge is 0.383 e. The van der Waals surface area contributed by atoms with Crippen LogP contribution >= 0.6 is 0 Å². The van der Waals surface area contributed by atoms with E-state index in [-0.39, 0.29) is 6.04 Å². The van der Waals surface area contributed by atoms with E-state index in [1.807, 2.05) is 6.92 Å². The average Bonchev–Trinajstić information content (AvgIpc) is 3.50. The van der Waals surface area contributed by atoms with Crippen LogP contribution in [0.4, 0.5) is 11.5 Å². The zero-order chi connectivity index (χ0) is 25.4. The molecule has 1 unspecified atom stereocenters. The normalized spacial score (nSPS) is 22.8. The molecule has 2 aromatic heterocycles. The number of benzene rings is 1. The number of nitrogen functional groups attached to an aromatic ring is 1. The summed E-state index contributed by atoms with van der Waals surface area (Å²) < 4.78 is 2.09. The first-order chi connectivity index (χ1) is 17.3. The molecule has 0 bridgehead atoms. The van der Waals surface area contributed by atoms with Crippen molar-refractivity contribution in [1.82, 2.24) is 24.6 Å². The Labute approximate surface area is 211 Å². The number of fused-ring (bicyclic) bond motifs is 1. The van der Waals surface area contributed by atoms with Gasteiger partial charge in [-0.25, -0.2) is 4.98 Å². The van der Waals surface area contributed by atoms with Crippen molar-refractivity contribution >= 4 is 34.2 Å². The van der Waals surface area contributed by atoms with E-state index in [1.54, 1.807) is 11.0 Å². The van der Waals surface area contributed by atoms with Gasteiger partial charge in [0.25, 0.3) is 0 Å². The second-order valence-corrected chi connectivity index (χ2v) is 10.4. The van der Waals surface area contributed by atoms with Crippen LogP contribution in [0.1, 0.15) is 56.3 Å². The Balaban J connectivity index is 1.37. The molecular formula is C27H35N7O2. The van der Waals surface area contributed by atoms with Gasteiger partial charge in [0.05, 0.1) is 29.5 Å². The highest BCUT2D eigenvalue weighted by atomic mass is 16.2. The minimum atomic E-state index is -0.654. The number of nitrogens with two attached hydrogens (primary N) is 1. The van der Waals surface area contributed by atoms with Crippen molar-refractivity contribution in [2.45, 2.75) is 51.6 Å². The molecule has 3 atom stereocenters. The highest BCUT2D eigenvalue weighted by Gasteiger charge is 2.34. The lowest BCUT2D eigenvalue weighted by molar-refractivity contribution is -0.146. The van der Waals surface area contributed by atoms with E-state index < -0.39 is 11.8 Å². The molecule has 2 amide bonds. The van der Waals surface area contributed by atoms with Crippen molar-refractivity contribution in [2.75, 3.05) is 37.7 Å². The molecule has 2 aliphatic heterocycles. The maximum Gasteiger partial charge on any atom is 0.313 e. The van der Waals surface area contributed by atoms with Crippen molar-refractivity contribution in [3.63, 3.8) is 0 Å². The second kappa shape index (κ2) is 9.89. The number of nitrogens with one attached hydrogen (secondary N) is 1. The molecule has 190 valence electrons. The van der Waals surface area contributed by atoms with Crippen molar-refractivity contribution < 1.29 is 9.59 Å². The van der Waals surface area contributed by atoms with Gasteiger partial charge in [-0.2, -0.15) is 5.10 Å². The lowest BCUT2D eigenvalue weighted by atomic mass is 9.89. The van der Waals surface area contributed by atoms with Gasteiger partial charge in [0.1, 0.15) is 5.82 Å². The number of likely N-dealkylation sites (tertiary alicyclic amines) is 2. The van der Waals surface area contributed by atoms with E-state index in [1.165, 1.54) is 6.20 Å². The van der Waals surface area contributed by atoms with Crippen LogP contribution in [0.15, 0.2) is 36.7 Å². The number of rotatable bonds is 4. The second-order valence-electron chi connectivity index (χ2n) is 10.4. The average molecular weight is 490 g/mol. The number of likely N-dealkylation sites (N-methyl/N-ethyl adjacent to an activating group) is 1. The Hall–Kier alpha value is -3.46. The standard InChI is InChI=1S/C27H35N7O2/c1-4-18-11-21(13-29-25(18)28)30-26(35)27(36)33-14-17(2)5-8-24(33)19-6-7-20-15-34(31-23(20)12-19)22-9-10-32(3)16-22/h6-7,11-13,15,17,22,24H,4-5,8-10,14,16H2,1-3H3,(H2,28,29)(H,30,35)/t17-,22?,24+/m0/s1. The lowest BCUT2D eigenvalue weighted by Crippen LogP contribution is -2.46. The first-order valence-corrected chi connectivity index (χ1v) is 12.9. The Morgan fingerprint density at radius 2 is 2.00 bits per heavy atom. The van der Waals surface area contributed by atoms with E-state index in [0.29, 0.717) is 36.4 Å². The maximum absolute atomic E-state index is 13.4. The number of aromatic nitrogens is 3. The van der Waals surface area contributed by atoms with Crippen molar-refractivity contribution in [3.05, 3.63) is 47.8 Å². The summed E-state index contributed by atoms with van der Waals surface area (Å²) in [5.74, 6) is -0.422. The summed E-state index contributed by atoms with van der Waals surface area (Å²) in [6, 6.07) is 8.24. The van der Waals surface area contributed by atoms with Crippen LogP contribution in [-0.4, -0.2) is 63.1 Å². The van der Waals surface area contributed by atoms with Gasteiger partial charge in [0.15, 0.2) is 0 Å². The van der Waals surface area contributed by atoms with Crippen molar-refractivity contribution in [1.29, 1.82) is 0 Å². The predicted octanol–water partition coefficient (Wildman–Crippen LogP) is 3.39.